The topological polar surface area (TPSA) is 49.2 Å². The molecule has 0 aromatic carbocycles. The maximum atomic E-state index is 12.6. The third-order valence-electron chi connectivity index (χ3n) is 2.63. The molecule has 2 rings (SSSR count). The molecule has 2 heterocycles. The molecule has 1 saturated heterocycles. The van der Waals surface area contributed by atoms with Crippen LogP contribution in [0.4, 0.5) is 19.0 Å². The number of ether oxygens (including phenoxy) is 1. The molecule has 96 valence electrons. The molecule has 1 aromatic heterocycles. The Morgan fingerprint density at radius 2 is 2.28 bits per heavy atom. The van der Waals surface area contributed by atoms with Crippen molar-refractivity contribution in [2.24, 2.45) is 0 Å². The van der Waals surface area contributed by atoms with Crippen LogP contribution in [-0.4, -0.2) is 37.0 Å². The number of alkyl halides is 3. The van der Waals surface area contributed by atoms with Crippen molar-refractivity contribution in [1.82, 2.24) is 4.98 Å². The normalized spacial score (nSPS) is 20.6. The van der Waals surface area contributed by atoms with Gasteiger partial charge in [-0.1, -0.05) is 0 Å². The smallest absolute Gasteiger partial charge is 0.365 e. The minimum absolute atomic E-state index is 0.0113. The minimum Gasteiger partial charge on any atom is -0.365 e. The molecule has 1 aromatic rings. The average molecular weight is 257 g/mol. The first-order chi connectivity index (χ1) is 8.50. The summed E-state index contributed by atoms with van der Waals surface area (Å²) in [5.74, 6) is 0.367. The zero-order valence-corrected chi connectivity index (χ0v) is 9.31. The monoisotopic (exact) mass is 257 g/mol. The number of nitrogens with zero attached hydrogens (tertiary/aromatic N) is 3. The lowest BCUT2D eigenvalue weighted by Crippen LogP contribution is -2.49. The van der Waals surface area contributed by atoms with Crippen LogP contribution in [0, 0.1) is 11.3 Å². The van der Waals surface area contributed by atoms with E-state index in [0.717, 1.165) is 0 Å². The molecule has 4 nitrogen and oxygen atoms in total. The van der Waals surface area contributed by atoms with Crippen molar-refractivity contribution in [2.45, 2.75) is 12.3 Å². The fraction of sp³-hybridized carbons (Fsp3) is 0.455. The van der Waals surface area contributed by atoms with Crippen molar-refractivity contribution in [1.29, 1.82) is 5.26 Å². The molecule has 0 bridgehead atoms. The van der Waals surface area contributed by atoms with Gasteiger partial charge in [0.15, 0.2) is 6.10 Å². The molecule has 7 heteroatoms. The highest BCUT2D eigenvalue weighted by Crippen LogP contribution is 2.27. The zero-order valence-electron chi connectivity index (χ0n) is 9.31. The lowest BCUT2D eigenvalue weighted by atomic mass is 10.2. The largest absolute Gasteiger partial charge is 0.416 e. The van der Waals surface area contributed by atoms with Crippen molar-refractivity contribution in [3.05, 3.63) is 23.9 Å². The van der Waals surface area contributed by atoms with E-state index in [1.165, 1.54) is 23.2 Å². The number of hydrogen-bond donors (Lipinski definition) is 0. The molecule has 0 unspecified atom stereocenters. The number of halogens is 3. The van der Waals surface area contributed by atoms with Gasteiger partial charge in [0, 0.05) is 12.7 Å². The number of rotatable bonds is 1. The van der Waals surface area contributed by atoms with E-state index < -0.39 is 12.3 Å². The molecule has 1 fully saturated rings. The van der Waals surface area contributed by atoms with E-state index in [0.29, 0.717) is 17.9 Å². The van der Waals surface area contributed by atoms with Gasteiger partial charge in [0.1, 0.15) is 5.82 Å². The number of anilines is 1. The first kappa shape index (κ1) is 12.6. The van der Waals surface area contributed by atoms with Crippen LogP contribution in [0.3, 0.4) is 0 Å². The second-order valence-corrected chi connectivity index (χ2v) is 3.86. The molecule has 18 heavy (non-hydrogen) atoms. The molecular weight excluding hydrogens is 247 g/mol. The summed E-state index contributed by atoms with van der Waals surface area (Å²) in [6.45, 7) is 0.0164. The second-order valence-electron chi connectivity index (χ2n) is 3.86. The quantitative estimate of drug-likeness (QED) is 0.768. The van der Waals surface area contributed by atoms with Gasteiger partial charge in [-0.2, -0.15) is 18.4 Å². The summed E-state index contributed by atoms with van der Waals surface area (Å²) >= 11 is 0. The molecule has 0 spiro atoms. The third kappa shape index (κ3) is 2.71. The summed E-state index contributed by atoms with van der Waals surface area (Å²) in [7, 11) is 0. The number of nitriles is 1. The van der Waals surface area contributed by atoms with Crippen LogP contribution < -0.4 is 4.90 Å². The maximum Gasteiger partial charge on any atom is 0.416 e. The number of pyridine rings is 1. The van der Waals surface area contributed by atoms with Gasteiger partial charge in [-0.3, -0.25) is 0 Å². The number of morpholine rings is 1. The van der Waals surface area contributed by atoms with Crippen LogP contribution in [0.5, 0.6) is 0 Å². The van der Waals surface area contributed by atoms with E-state index in [9.17, 15) is 13.2 Å². The highest BCUT2D eigenvalue weighted by atomic mass is 19.4. The fourth-order valence-corrected chi connectivity index (χ4v) is 1.72. The number of aromatic nitrogens is 1. The Hall–Kier alpha value is -1.81. The van der Waals surface area contributed by atoms with Gasteiger partial charge >= 0.3 is 6.18 Å². The Morgan fingerprint density at radius 3 is 2.94 bits per heavy atom. The summed E-state index contributed by atoms with van der Waals surface area (Å²) in [6.07, 6.45) is -4.78. The van der Waals surface area contributed by atoms with E-state index in [1.54, 1.807) is 0 Å². The molecular formula is C11H10F3N3O. The molecule has 0 amide bonds. The van der Waals surface area contributed by atoms with Gasteiger partial charge in [0.25, 0.3) is 0 Å². The van der Waals surface area contributed by atoms with E-state index in [1.807, 2.05) is 6.07 Å². The Bertz CT molecular complexity index is 469. The summed E-state index contributed by atoms with van der Waals surface area (Å²) in [6, 6.07) is 4.90. The molecule has 0 radical (unpaired) electrons. The standard InChI is InChI=1S/C11H10F3N3O/c12-11(13,14)9-7-17(3-4-18-9)10-5-8(6-15)1-2-16-10/h1-2,5,9H,3-4,7H2/t9-/m0/s1. The van der Waals surface area contributed by atoms with E-state index in [4.69, 9.17) is 10.00 Å². The van der Waals surface area contributed by atoms with Gasteiger partial charge in [0.05, 0.1) is 24.8 Å². The fourth-order valence-electron chi connectivity index (χ4n) is 1.72. The Balaban J connectivity index is 2.16. The summed E-state index contributed by atoms with van der Waals surface area (Å²) in [5.41, 5.74) is 0.370. The zero-order chi connectivity index (χ0) is 13.2. The van der Waals surface area contributed by atoms with Crippen LogP contribution in [0.2, 0.25) is 0 Å². The molecule has 0 aliphatic carbocycles. The second kappa shape index (κ2) is 4.82. The van der Waals surface area contributed by atoms with Crippen molar-refractivity contribution < 1.29 is 17.9 Å². The van der Waals surface area contributed by atoms with Gasteiger partial charge in [-0.05, 0) is 12.1 Å². The Kier molecular flexibility index (Phi) is 3.39. The van der Waals surface area contributed by atoms with E-state index in [-0.39, 0.29) is 13.2 Å². The number of hydrogen-bond acceptors (Lipinski definition) is 4. The van der Waals surface area contributed by atoms with Crippen LogP contribution in [0.15, 0.2) is 18.3 Å². The van der Waals surface area contributed by atoms with Crippen LogP contribution in [-0.2, 0) is 4.74 Å². The maximum absolute atomic E-state index is 12.6. The summed E-state index contributed by atoms with van der Waals surface area (Å²) in [5, 5.41) is 8.74. The molecule has 0 saturated carbocycles. The van der Waals surface area contributed by atoms with Crippen molar-refractivity contribution in [3.63, 3.8) is 0 Å². The molecule has 0 N–H and O–H groups in total. The predicted octanol–water partition coefficient (Wildman–Crippen LogP) is 1.72. The van der Waals surface area contributed by atoms with Gasteiger partial charge in [0.2, 0.25) is 0 Å². The first-order valence-corrected chi connectivity index (χ1v) is 5.30. The molecule has 1 aliphatic heterocycles. The first-order valence-electron chi connectivity index (χ1n) is 5.30. The lowest BCUT2D eigenvalue weighted by molar-refractivity contribution is -0.221. The average Bonchev–Trinajstić information content (AvgIpc) is 2.38. The highest BCUT2D eigenvalue weighted by Gasteiger charge is 2.43. The minimum atomic E-state index is -4.38. The third-order valence-corrected chi connectivity index (χ3v) is 2.63. The van der Waals surface area contributed by atoms with Gasteiger partial charge in [-0.15, -0.1) is 0 Å². The van der Waals surface area contributed by atoms with Crippen LogP contribution >= 0.6 is 0 Å². The van der Waals surface area contributed by atoms with Crippen LogP contribution in [0.25, 0.3) is 0 Å². The lowest BCUT2D eigenvalue weighted by Gasteiger charge is -2.34. The van der Waals surface area contributed by atoms with Crippen molar-refractivity contribution in [2.75, 3.05) is 24.6 Å². The van der Waals surface area contributed by atoms with E-state index in [2.05, 4.69) is 4.98 Å². The van der Waals surface area contributed by atoms with Crippen molar-refractivity contribution >= 4 is 5.82 Å². The molecule has 1 atom stereocenters. The van der Waals surface area contributed by atoms with Crippen LogP contribution in [0.1, 0.15) is 5.56 Å². The Morgan fingerprint density at radius 1 is 1.50 bits per heavy atom. The summed E-state index contributed by atoms with van der Waals surface area (Å²) in [4.78, 5) is 5.45. The van der Waals surface area contributed by atoms with Gasteiger partial charge in [-0.25, -0.2) is 4.98 Å². The van der Waals surface area contributed by atoms with Gasteiger partial charge < -0.3 is 9.64 Å². The predicted molar refractivity (Wildman–Crippen MR) is 57.0 cm³/mol. The summed E-state index contributed by atoms with van der Waals surface area (Å²) < 4.78 is 42.3. The van der Waals surface area contributed by atoms with E-state index >= 15 is 0 Å². The van der Waals surface area contributed by atoms with Crippen molar-refractivity contribution in [3.8, 4) is 6.07 Å². The Labute approximate surface area is 102 Å². The SMILES string of the molecule is N#Cc1ccnc(N2CCO[C@H](C(F)(F)F)C2)c1. The highest BCUT2D eigenvalue weighted by molar-refractivity contribution is 5.45. The molecule has 1 aliphatic rings.